The highest BCUT2D eigenvalue weighted by Gasteiger charge is 2.35. The second-order valence-corrected chi connectivity index (χ2v) is 7.34. The molecule has 0 bridgehead atoms. The molecule has 3 heterocycles. The first-order valence-corrected chi connectivity index (χ1v) is 9.52. The molecule has 2 aliphatic rings. The molecule has 2 aliphatic heterocycles. The zero-order valence-corrected chi connectivity index (χ0v) is 15.6. The zero-order chi connectivity index (χ0) is 18.8. The van der Waals surface area contributed by atoms with Gasteiger partial charge in [-0.25, -0.2) is 5.10 Å². The maximum absolute atomic E-state index is 12.6. The first-order chi connectivity index (χ1) is 13.1. The van der Waals surface area contributed by atoms with Crippen molar-refractivity contribution in [1.29, 1.82) is 0 Å². The number of carbonyl (C=O) groups excluding carboxylic acids is 2. The van der Waals surface area contributed by atoms with Gasteiger partial charge in [-0.2, -0.15) is 4.98 Å². The fourth-order valence-electron chi connectivity index (χ4n) is 3.54. The zero-order valence-electron chi connectivity index (χ0n) is 14.8. The van der Waals surface area contributed by atoms with Crippen molar-refractivity contribution in [1.82, 2.24) is 15.2 Å². The van der Waals surface area contributed by atoms with Crippen LogP contribution in [0.15, 0.2) is 24.3 Å². The topological polar surface area (TPSA) is 94.2 Å². The molecule has 8 nitrogen and oxygen atoms in total. The Labute approximate surface area is 161 Å². The van der Waals surface area contributed by atoms with Crippen LogP contribution in [-0.4, -0.2) is 46.6 Å². The van der Waals surface area contributed by atoms with Crippen molar-refractivity contribution in [3.63, 3.8) is 0 Å². The number of piperidine rings is 1. The van der Waals surface area contributed by atoms with Crippen LogP contribution in [0.2, 0.25) is 5.02 Å². The van der Waals surface area contributed by atoms with E-state index in [0.717, 1.165) is 25.9 Å². The summed E-state index contributed by atoms with van der Waals surface area (Å²) in [7, 11) is 0. The van der Waals surface area contributed by atoms with Crippen molar-refractivity contribution >= 4 is 41.0 Å². The first-order valence-electron chi connectivity index (χ1n) is 9.14. The van der Waals surface area contributed by atoms with E-state index >= 15 is 0 Å². The van der Waals surface area contributed by atoms with E-state index < -0.39 is 5.92 Å². The Bertz CT molecular complexity index is 848. The Hall–Kier alpha value is -2.61. The van der Waals surface area contributed by atoms with Crippen molar-refractivity contribution in [3.8, 4) is 0 Å². The van der Waals surface area contributed by atoms with Gasteiger partial charge in [0.15, 0.2) is 0 Å². The number of hydrogen-bond donors (Lipinski definition) is 2. The van der Waals surface area contributed by atoms with Crippen LogP contribution >= 0.6 is 11.6 Å². The number of nitrogens with one attached hydrogen (secondary N) is 2. The second-order valence-electron chi connectivity index (χ2n) is 6.91. The minimum absolute atomic E-state index is 0.0935. The molecular formula is C18H21ClN6O2. The third-order valence-electron chi connectivity index (χ3n) is 4.97. The Kier molecular flexibility index (Phi) is 4.98. The smallest absolute Gasteiger partial charge is 0.246 e. The molecule has 1 aromatic heterocycles. The normalized spacial score (nSPS) is 20.2. The van der Waals surface area contributed by atoms with Crippen molar-refractivity contribution in [2.75, 3.05) is 34.8 Å². The van der Waals surface area contributed by atoms with Crippen LogP contribution in [0.1, 0.15) is 25.7 Å². The van der Waals surface area contributed by atoms with E-state index in [1.165, 1.54) is 6.42 Å². The minimum Gasteiger partial charge on any atom is -0.340 e. The summed E-state index contributed by atoms with van der Waals surface area (Å²) in [6.45, 7) is 2.17. The Balaban J connectivity index is 1.39. The van der Waals surface area contributed by atoms with Crippen molar-refractivity contribution < 1.29 is 9.59 Å². The van der Waals surface area contributed by atoms with Crippen LogP contribution in [0, 0.1) is 5.92 Å². The second kappa shape index (κ2) is 7.56. The quantitative estimate of drug-likeness (QED) is 0.838. The fraction of sp³-hybridized carbons (Fsp3) is 0.444. The number of nitrogens with zero attached hydrogens (tertiary/aromatic N) is 4. The van der Waals surface area contributed by atoms with Crippen LogP contribution in [0.25, 0.3) is 0 Å². The highest BCUT2D eigenvalue weighted by Crippen LogP contribution is 2.27. The summed E-state index contributed by atoms with van der Waals surface area (Å²) in [5.41, 5.74) is 0.704. The third-order valence-corrected chi connectivity index (χ3v) is 5.20. The number of hydrogen-bond acceptors (Lipinski definition) is 5. The summed E-state index contributed by atoms with van der Waals surface area (Å²) in [6.07, 6.45) is 3.63. The molecule has 0 spiro atoms. The molecule has 2 saturated heterocycles. The van der Waals surface area contributed by atoms with Gasteiger partial charge in [0.05, 0.1) is 5.92 Å². The summed E-state index contributed by atoms with van der Waals surface area (Å²) in [6, 6.07) is 7.07. The van der Waals surface area contributed by atoms with Gasteiger partial charge in [-0.1, -0.05) is 17.7 Å². The molecule has 1 aromatic carbocycles. The van der Waals surface area contributed by atoms with Crippen molar-refractivity contribution in [2.24, 2.45) is 5.92 Å². The van der Waals surface area contributed by atoms with E-state index in [-0.39, 0.29) is 18.2 Å². The molecule has 2 N–H and O–H groups in total. The van der Waals surface area contributed by atoms with E-state index in [1.54, 1.807) is 23.1 Å². The predicted molar refractivity (Wildman–Crippen MR) is 103 cm³/mol. The van der Waals surface area contributed by atoms with Gasteiger partial charge in [0.25, 0.3) is 0 Å². The molecule has 1 unspecified atom stereocenters. The lowest BCUT2D eigenvalue weighted by Crippen LogP contribution is -2.30. The summed E-state index contributed by atoms with van der Waals surface area (Å²) < 4.78 is 0. The lowest BCUT2D eigenvalue weighted by molar-refractivity contribution is -0.122. The average Bonchev–Trinajstić information content (AvgIpc) is 3.29. The van der Waals surface area contributed by atoms with E-state index in [2.05, 4.69) is 25.4 Å². The molecule has 27 heavy (non-hydrogen) atoms. The van der Waals surface area contributed by atoms with Gasteiger partial charge in [0.1, 0.15) is 0 Å². The summed E-state index contributed by atoms with van der Waals surface area (Å²) in [5.74, 6) is 0.139. The number of aromatic nitrogens is 3. The van der Waals surface area contributed by atoms with Gasteiger partial charge < -0.3 is 9.80 Å². The number of rotatable bonds is 4. The summed E-state index contributed by atoms with van der Waals surface area (Å²) in [5, 5.41) is 10.3. The number of H-pyrrole nitrogens is 1. The minimum atomic E-state index is -0.444. The number of carbonyl (C=O) groups is 2. The lowest BCUT2D eigenvalue weighted by Gasteiger charge is -2.24. The molecule has 2 aromatic rings. The third kappa shape index (κ3) is 3.90. The van der Waals surface area contributed by atoms with Crippen molar-refractivity contribution in [3.05, 3.63) is 29.3 Å². The Morgan fingerprint density at radius 3 is 2.85 bits per heavy atom. The van der Waals surface area contributed by atoms with E-state index in [4.69, 9.17) is 11.6 Å². The van der Waals surface area contributed by atoms with E-state index in [9.17, 15) is 9.59 Å². The molecule has 0 saturated carbocycles. The molecule has 0 radical (unpaired) electrons. The molecule has 9 heteroatoms. The van der Waals surface area contributed by atoms with Crippen LogP contribution in [-0.2, 0) is 9.59 Å². The molecule has 2 amide bonds. The molecular weight excluding hydrogens is 368 g/mol. The Morgan fingerprint density at radius 1 is 1.26 bits per heavy atom. The molecule has 1 atom stereocenters. The standard InChI is InChI=1S/C18H21ClN6O2/c19-13-5-4-6-14(10-13)25-11-12(9-15(25)26)16(27)20-17-21-18(23-22-17)24-7-2-1-3-8-24/h4-6,10,12H,1-3,7-9,11H2,(H2,20,21,22,23,27). The fourth-order valence-corrected chi connectivity index (χ4v) is 3.72. The number of halogens is 1. The van der Waals surface area contributed by atoms with Crippen LogP contribution in [0.3, 0.4) is 0 Å². The highest BCUT2D eigenvalue weighted by molar-refractivity contribution is 6.31. The molecule has 2 fully saturated rings. The predicted octanol–water partition coefficient (Wildman–Crippen LogP) is 2.44. The first kappa shape index (κ1) is 17.8. The van der Waals surface area contributed by atoms with Gasteiger partial charge >= 0.3 is 0 Å². The van der Waals surface area contributed by atoms with Crippen molar-refractivity contribution in [2.45, 2.75) is 25.7 Å². The van der Waals surface area contributed by atoms with Crippen LogP contribution in [0.5, 0.6) is 0 Å². The highest BCUT2D eigenvalue weighted by atomic mass is 35.5. The van der Waals surface area contributed by atoms with Gasteiger partial charge in [0, 0.05) is 36.8 Å². The number of anilines is 3. The number of amides is 2. The number of aromatic amines is 1. The monoisotopic (exact) mass is 388 g/mol. The van der Waals surface area contributed by atoms with E-state index in [1.807, 2.05) is 6.07 Å². The van der Waals surface area contributed by atoms with Gasteiger partial charge in [-0.05, 0) is 37.5 Å². The molecule has 4 rings (SSSR count). The maximum atomic E-state index is 12.6. The SMILES string of the molecule is O=C(Nc1nc(N2CCCCC2)n[nH]1)C1CC(=O)N(c2cccc(Cl)c2)C1. The van der Waals surface area contributed by atoms with Gasteiger partial charge in [-0.3, -0.25) is 14.9 Å². The molecule has 142 valence electrons. The average molecular weight is 389 g/mol. The molecule has 0 aliphatic carbocycles. The summed E-state index contributed by atoms with van der Waals surface area (Å²) in [4.78, 5) is 33.0. The summed E-state index contributed by atoms with van der Waals surface area (Å²) >= 11 is 6.00. The van der Waals surface area contributed by atoms with E-state index in [0.29, 0.717) is 29.2 Å². The van der Waals surface area contributed by atoms with Gasteiger partial charge in [0.2, 0.25) is 23.7 Å². The largest absolute Gasteiger partial charge is 0.340 e. The lowest BCUT2D eigenvalue weighted by atomic mass is 10.1. The van der Waals surface area contributed by atoms with Crippen LogP contribution in [0.4, 0.5) is 17.6 Å². The van der Waals surface area contributed by atoms with Gasteiger partial charge in [-0.15, -0.1) is 5.10 Å². The Morgan fingerprint density at radius 2 is 2.07 bits per heavy atom. The maximum Gasteiger partial charge on any atom is 0.246 e. The van der Waals surface area contributed by atoms with Crippen LogP contribution < -0.4 is 15.1 Å². The number of benzene rings is 1.